The van der Waals surface area contributed by atoms with Crippen molar-refractivity contribution >= 4 is 22.6 Å². The van der Waals surface area contributed by atoms with Crippen molar-refractivity contribution in [3.8, 4) is 0 Å². The lowest BCUT2D eigenvalue weighted by atomic mass is 9.44. The van der Waals surface area contributed by atoms with Crippen LogP contribution in [0.15, 0.2) is 0 Å². The summed E-state index contributed by atoms with van der Waals surface area (Å²) in [5.74, 6) is 4.21. The number of ether oxygens (including phenoxy) is 1. The molecule has 28 heavy (non-hydrogen) atoms. The minimum atomic E-state index is -0.135. The topological polar surface area (TPSA) is 58.8 Å². The zero-order valence-corrected chi connectivity index (χ0v) is 20.2. The second kappa shape index (κ2) is 6.80. The second-order valence-electron chi connectivity index (χ2n) is 11.7. The average Bonchev–Trinajstić information content (AvgIpc) is 3.22. The van der Waals surface area contributed by atoms with E-state index in [1.54, 1.807) is 0 Å². The van der Waals surface area contributed by atoms with Gasteiger partial charge in [0.15, 0.2) is 0 Å². The van der Waals surface area contributed by atoms with E-state index in [0.29, 0.717) is 20.9 Å². The predicted octanol–water partition coefficient (Wildman–Crippen LogP) is 4.93. The van der Waals surface area contributed by atoms with Gasteiger partial charge in [-0.05, 0) is 86.4 Å². The fourth-order valence-corrected chi connectivity index (χ4v) is 10.1. The van der Waals surface area contributed by atoms with Gasteiger partial charge in [0.1, 0.15) is 5.60 Å². The molecular weight excluding hydrogens is 461 g/mol. The number of alkyl halides is 1. The molecule has 0 aromatic rings. The molecule has 5 aliphatic rings. The van der Waals surface area contributed by atoms with Crippen molar-refractivity contribution in [2.24, 2.45) is 46.2 Å². The van der Waals surface area contributed by atoms with Crippen LogP contribution >= 0.6 is 22.6 Å². The predicted molar refractivity (Wildman–Crippen MR) is 121 cm³/mol. The van der Waals surface area contributed by atoms with Crippen LogP contribution in [0.1, 0.15) is 78.6 Å². The van der Waals surface area contributed by atoms with Crippen LogP contribution in [0.4, 0.5) is 0 Å². The van der Waals surface area contributed by atoms with Crippen LogP contribution in [0.5, 0.6) is 0 Å². The van der Waals surface area contributed by atoms with Crippen LogP contribution in [0.2, 0.25) is 0 Å². The van der Waals surface area contributed by atoms with E-state index in [1.165, 1.54) is 44.9 Å². The van der Waals surface area contributed by atoms with Crippen LogP contribution in [-0.4, -0.2) is 33.4 Å². The number of rotatable bonds is 4. The first-order valence-electron chi connectivity index (χ1n) is 11.9. The highest BCUT2D eigenvalue weighted by atomic mass is 127. The van der Waals surface area contributed by atoms with Crippen LogP contribution in [0, 0.1) is 40.4 Å². The van der Waals surface area contributed by atoms with E-state index in [-0.39, 0.29) is 11.7 Å². The molecule has 3 nitrogen and oxygen atoms in total. The van der Waals surface area contributed by atoms with Crippen LogP contribution < -0.4 is 5.73 Å². The van der Waals surface area contributed by atoms with Crippen LogP contribution in [0.25, 0.3) is 0 Å². The first-order valence-corrected chi connectivity index (χ1v) is 13.2. The molecule has 8 unspecified atom stereocenters. The van der Waals surface area contributed by atoms with E-state index in [0.717, 1.165) is 49.0 Å². The molecule has 0 aromatic carbocycles. The van der Waals surface area contributed by atoms with Gasteiger partial charge in [0.05, 0.1) is 12.2 Å². The molecule has 0 aromatic heterocycles. The molecule has 1 saturated heterocycles. The molecule has 4 saturated carbocycles. The summed E-state index contributed by atoms with van der Waals surface area (Å²) in [7, 11) is 0. The Morgan fingerprint density at radius 3 is 2.68 bits per heavy atom. The normalized spacial score (nSPS) is 56.8. The van der Waals surface area contributed by atoms with Crippen molar-refractivity contribution in [1.29, 1.82) is 0 Å². The molecular formula is C24H40INO2. The third kappa shape index (κ3) is 2.69. The summed E-state index contributed by atoms with van der Waals surface area (Å²) >= 11 is 2.56. The lowest BCUT2D eigenvalue weighted by molar-refractivity contribution is -0.116. The number of hydrogen-bond donors (Lipinski definition) is 2. The molecule has 0 radical (unpaired) electrons. The monoisotopic (exact) mass is 501 g/mol. The van der Waals surface area contributed by atoms with Gasteiger partial charge >= 0.3 is 0 Å². The number of nitrogens with two attached hydrogens (primary N) is 1. The smallest absolute Gasteiger partial charge is 0.103 e. The number of epoxide rings is 1. The van der Waals surface area contributed by atoms with Crippen molar-refractivity contribution < 1.29 is 9.84 Å². The van der Waals surface area contributed by atoms with E-state index >= 15 is 0 Å². The fourth-order valence-electron chi connectivity index (χ4n) is 9.30. The number of aliphatic hydroxyl groups excluding tert-OH is 1. The Hall–Kier alpha value is 0.610. The largest absolute Gasteiger partial charge is 0.393 e. The van der Waals surface area contributed by atoms with Crippen molar-refractivity contribution in [3.05, 3.63) is 0 Å². The number of halogens is 1. The second-order valence-corrected chi connectivity index (χ2v) is 13.5. The van der Waals surface area contributed by atoms with Gasteiger partial charge < -0.3 is 15.6 Å². The maximum atomic E-state index is 10.3. The standard InChI is InChI=1S/C24H40INO2/c1-14(10-15(25)13-26)18-4-5-19-17-11-21-24(28-21)12-16(27)6-9-23(24,3)20(17)7-8-22(18,19)2/h14-21,27H,4-13,26H2,1-3H3/t14-,15?,16?,17?,18?,19?,20?,21?,22+,23+,24?/m0/s1. The lowest BCUT2D eigenvalue weighted by Gasteiger charge is -2.59. The highest BCUT2D eigenvalue weighted by Gasteiger charge is 2.76. The van der Waals surface area contributed by atoms with Gasteiger partial charge in [0.2, 0.25) is 0 Å². The third-order valence-electron chi connectivity index (χ3n) is 10.7. The van der Waals surface area contributed by atoms with Crippen molar-refractivity contribution in [2.75, 3.05) is 6.54 Å². The van der Waals surface area contributed by atoms with E-state index in [1.807, 2.05) is 0 Å². The Labute approximate surface area is 185 Å². The Bertz CT molecular complexity index is 630. The molecule has 11 atom stereocenters. The quantitative estimate of drug-likeness (QED) is 0.327. The van der Waals surface area contributed by atoms with Crippen molar-refractivity contribution in [2.45, 2.75) is 100 Å². The Morgan fingerprint density at radius 1 is 1.14 bits per heavy atom. The number of fused-ring (bicyclic) bond motifs is 4. The molecule has 1 aliphatic heterocycles. The summed E-state index contributed by atoms with van der Waals surface area (Å²) in [4.78, 5) is 0. The molecule has 1 spiro atoms. The van der Waals surface area contributed by atoms with Gasteiger partial charge in [-0.15, -0.1) is 0 Å². The average molecular weight is 501 g/mol. The van der Waals surface area contributed by atoms with Gasteiger partial charge in [0, 0.05) is 22.3 Å². The summed E-state index contributed by atoms with van der Waals surface area (Å²) in [5, 5.41) is 10.3. The maximum absolute atomic E-state index is 10.3. The zero-order valence-electron chi connectivity index (χ0n) is 18.0. The molecule has 5 rings (SSSR count). The molecule has 1 heterocycles. The summed E-state index contributed by atoms with van der Waals surface area (Å²) < 4.78 is 7.10. The van der Waals surface area contributed by atoms with Gasteiger partial charge in [-0.25, -0.2) is 0 Å². The summed E-state index contributed by atoms with van der Waals surface area (Å²) in [6, 6.07) is 0. The SMILES string of the molecule is C[C@@H](CC(I)CN)C1CCC2C3CC4OC45CC(O)CC[C@]5(C)C3CC[C@@]21C. The first-order chi connectivity index (χ1) is 13.2. The molecule has 3 N–H and O–H groups in total. The molecule has 0 bridgehead atoms. The summed E-state index contributed by atoms with van der Waals surface area (Å²) in [5.41, 5.74) is 6.79. The minimum absolute atomic E-state index is 0.0282. The van der Waals surface area contributed by atoms with E-state index in [4.69, 9.17) is 10.5 Å². The fraction of sp³-hybridized carbons (Fsp3) is 1.00. The Balaban J connectivity index is 1.38. The zero-order chi connectivity index (χ0) is 19.9. The highest BCUT2D eigenvalue weighted by Crippen LogP contribution is 2.74. The Morgan fingerprint density at radius 2 is 1.93 bits per heavy atom. The van der Waals surface area contributed by atoms with Crippen molar-refractivity contribution in [1.82, 2.24) is 0 Å². The van der Waals surface area contributed by atoms with E-state index in [2.05, 4.69) is 43.4 Å². The first kappa shape index (κ1) is 20.5. The lowest BCUT2D eigenvalue weighted by Crippen LogP contribution is -2.58. The van der Waals surface area contributed by atoms with Crippen LogP contribution in [0.3, 0.4) is 0 Å². The summed E-state index contributed by atoms with van der Waals surface area (Å²) in [6.07, 6.45) is 11.5. The third-order valence-corrected chi connectivity index (χ3v) is 11.7. The van der Waals surface area contributed by atoms with Gasteiger partial charge in [-0.3, -0.25) is 0 Å². The molecule has 0 amide bonds. The van der Waals surface area contributed by atoms with Gasteiger partial charge in [-0.1, -0.05) is 43.4 Å². The minimum Gasteiger partial charge on any atom is -0.393 e. The Kier molecular flexibility index (Phi) is 4.98. The molecule has 160 valence electrons. The number of hydrogen-bond acceptors (Lipinski definition) is 3. The summed E-state index contributed by atoms with van der Waals surface area (Å²) in [6.45, 7) is 8.50. The molecule has 4 heteroatoms. The van der Waals surface area contributed by atoms with Crippen molar-refractivity contribution in [3.63, 3.8) is 0 Å². The van der Waals surface area contributed by atoms with Crippen LogP contribution in [-0.2, 0) is 4.74 Å². The number of aliphatic hydroxyl groups is 1. The maximum Gasteiger partial charge on any atom is 0.103 e. The van der Waals surface area contributed by atoms with Gasteiger partial charge in [-0.2, -0.15) is 0 Å². The van der Waals surface area contributed by atoms with Gasteiger partial charge in [0.25, 0.3) is 0 Å². The highest BCUT2D eigenvalue weighted by molar-refractivity contribution is 14.1. The molecule has 4 aliphatic carbocycles. The van der Waals surface area contributed by atoms with E-state index < -0.39 is 0 Å². The van der Waals surface area contributed by atoms with E-state index in [9.17, 15) is 5.11 Å². The molecule has 5 fully saturated rings.